The summed E-state index contributed by atoms with van der Waals surface area (Å²) >= 11 is 0. The van der Waals surface area contributed by atoms with Crippen LogP contribution in [0.2, 0.25) is 0 Å². The molecule has 5 nitrogen and oxygen atoms in total. The molecule has 0 atom stereocenters. The number of aryl methyl sites for hydroxylation is 2. The van der Waals surface area contributed by atoms with E-state index in [0.29, 0.717) is 17.1 Å². The normalized spacial score (nSPS) is 11.3. The van der Waals surface area contributed by atoms with Gasteiger partial charge in [-0.2, -0.15) is 4.79 Å². The van der Waals surface area contributed by atoms with Crippen LogP contribution >= 0.6 is 0 Å². The van der Waals surface area contributed by atoms with E-state index in [-0.39, 0.29) is 5.41 Å². The summed E-state index contributed by atoms with van der Waals surface area (Å²) in [6.07, 6.45) is 0. The van der Waals surface area contributed by atoms with Crippen LogP contribution in [-0.4, -0.2) is 25.5 Å². The summed E-state index contributed by atoms with van der Waals surface area (Å²) in [5.41, 5.74) is 18.1. The lowest BCUT2D eigenvalue weighted by Crippen LogP contribution is -2.18. The number of para-hydroxylation sites is 1. The van der Waals surface area contributed by atoms with Gasteiger partial charge in [0.2, 0.25) is 0 Å². The Morgan fingerprint density at radius 3 is 1.97 bits per heavy atom. The van der Waals surface area contributed by atoms with Gasteiger partial charge in [0.1, 0.15) is 5.69 Å². The summed E-state index contributed by atoms with van der Waals surface area (Å²) in [6.45, 7) is 10.7. The predicted molar refractivity (Wildman–Crippen MR) is 128 cm³/mol. The first-order chi connectivity index (χ1) is 15.3. The van der Waals surface area contributed by atoms with Crippen LogP contribution in [0.5, 0.6) is 0 Å². The molecule has 0 aliphatic rings. The maximum Gasteiger partial charge on any atom is 0.350 e. The van der Waals surface area contributed by atoms with Crippen molar-refractivity contribution >= 4 is 5.71 Å². The molecule has 4 aromatic rings. The number of rotatable bonds is 4. The third-order valence-electron chi connectivity index (χ3n) is 5.68. The van der Waals surface area contributed by atoms with E-state index in [2.05, 4.69) is 61.9 Å². The molecule has 0 bridgehead atoms. The van der Waals surface area contributed by atoms with Crippen LogP contribution in [0.1, 0.15) is 48.7 Å². The van der Waals surface area contributed by atoms with Gasteiger partial charge in [-0.25, -0.2) is 4.68 Å². The molecule has 3 aromatic carbocycles. The van der Waals surface area contributed by atoms with Crippen LogP contribution < -0.4 is 0 Å². The zero-order valence-electron chi connectivity index (χ0n) is 19.2. The van der Waals surface area contributed by atoms with E-state index in [9.17, 15) is 5.53 Å². The summed E-state index contributed by atoms with van der Waals surface area (Å²) < 4.78 is 1.74. The van der Waals surface area contributed by atoms with Crippen molar-refractivity contribution < 1.29 is 4.79 Å². The number of aromatic nitrogens is 3. The van der Waals surface area contributed by atoms with E-state index in [0.717, 1.165) is 27.9 Å². The molecule has 0 radical (unpaired) electrons. The molecule has 0 amide bonds. The van der Waals surface area contributed by atoms with Gasteiger partial charge in [-0.1, -0.05) is 86.6 Å². The Labute approximate surface area is 189 Å². The van der Waals surface area contributed by atoms with Crippen molar-refractivity contribution in [3.8, 4) is 16.9 Å². The van der Waals surface area contributed by atoms with Crippen LogP contribution in [0.15, 0.2) is 72.8 Å². The monoisotopic (exact) mass is 421 g/mol. The van der Waals surface area contributed by atoms with Crippen LogP contribution in [0.3, 0.4) is 0 Å². The highest BCUT2D eigenvalue weighted by atomic mass is 15.4. The van der Waals surface area contributed by atoms with Crippen molar-refractivity contribution in [2.24, 2.45) is 0 Å². The Bertz CT molecular complexity index is 1230. The fraction of sp³-hybridized carbons (Fsp3) is 0.222. The van der Waals surface area contributed by atoms with E-state index < -0.39 is 0 Å². The maximum atomic E-state index is 10.3. The number of hydrogen-bond donors (Lipinski definition) is 0. The number of benzene rings is 3. The third kappa shape index (κ3) is 3.91. The first-order valence-electron chi connectivity index (χ1n) is 10.7. The summed E-state index contributed by atoms with van der Waals surface area (Å²) in [5, 5.41) is 8.94. The van der Waals surface area contributed by atoms with Gasteiger partial charge in [0.25, 0.3) is 0 Å². The van der Waals surface area contributed by atoms with Crippen molar-refractivity contribution in [1.82, 2.24) is 15.0 Å². The van der Waals surface area contributed by atoms with Crippen LogP contribution in [0.25, 0.3) is 22.5 Å². The summed E-state index contributed by atoms with van der Waals surface area (Å²) in [7, 11) is 0. The first-order valence-corrected chi connectivity index (χ1v) is 10.7. The SMILES string of the molecule is Cc1cc(C(C)(C)C)cc(C)c1C(=[N+]=[N-])c1c(-c2ccccc2)nnn1-c1ccccc1. The van der Waals surface area contributed by atoms with E-state index in [1.54, 1.807) is 4.68 Å². The van der Waals surface area contributed by atoms with Gasteiger partial charge in [-0.05, 0) is 48.1 Å². The molecule has 0 fully saturated rings. The highest BCUT2D eigenvalue weighted by Gasteiger charge is 2.31. The minimum absolute atomic E-state index is 0.0210. The predicted octanol–water partition coefficient (Wildman–Crippen LogP) is 5.92. The second-order valence-electron chi connectivity index (χ2n) is 9.08. The van der Waals surface area contributed by atoms with Gasteiger partial charge in [-0.3, -0.25) is 0 Å². The standard InChI is InChI=1S/C27H27N5/c1-18-16-21(27(3,4)5)17-19(2)23(18)25(29-28)26-24(20-12-8-6-9-13-20)30-31-32(26)22-14-10-7-11-15-22/h6-17H,1-5H3. The molecule has 0 aliphatic carbocycles. The Morgan fingerprint density at radius 2 is 1.44 bits per heavy atom. The first kappa shape index (κ1) is 21.4. The molecule has 5 heteroatoms. The largest absolute Gasteiger partial charge is 0.361 e. The quantitative estimate of drug-likeness (QED) is 0.233. The highest BCUT2D eigenvalue weighted by Crippen LogP contribution is 2.31. The molecule has 0 N–H and O–H groups in total. The molecule has 0 saturated heterocycles. The minimum atomic E-state index is 0.0210. The number of hydrogen-bond acceptors (Lipinski definition) is 2. The summed E-state index contributed by atoms with van der Waals surface area (Å²) in [6, 6.07) is 24.0. The second kappa shape index (κ2) is 8.37. The van der Waals surface area contributed by atoms with E-state index >= 15 is 0 Å². The second-order valence-corrected chi connectivity index (χ2v) is 9.08. The average Bonchev–Trinajstić information content (AvgIpc) is 3.21. The molecule has 0 spiro atoms. The molecule has 1 heterocycles. The van der Waals surface area contributed by atoms with Gasteiger partial charge in [0.05, 0.1) is 11.3 Å². The Hall–Kier alpha value is -3.82. The van der Waals surface area contributed by atoms with Crippen molar-refractivity contribution in [1.29, 1.82) is 0 Å². The lowest BCUT2D eigenvalue weighted by Gasteiger charge is -2.21. The third-order valence-corrected chi connectivity index (χ3v) is 5.68. The van der Waals surface area contributed by atoms with E-state index in [1.807, 2.05) is 60.7 Å². The Morgan fingerprint density at radius 1 is 0.875 bits per heavy atom. The molecular weight excluding hydrogens is 394 g/mol. The maximum absolute atomic E-state index is 10.3. The smallest absolute Gasteiger partial charge is 0.350 e. The van der Waals surface area contributed by atoms with E-state index in [1.165, 1.54) is 5.56 Å². The van der Waals surface area contributed by atoms with Crippen LogP contribution in [0, 0.1) is 13.8 Å². The fourth-order valence-corrected chi connectivity index (χ4v) is 4.02. The molecule has 32 heavy (non-hydrogen) atoms. The van der Waals surface area contributed by atoms with Crippen molar-refractivity contribution in [2.75, 3.05) is 0 Å². The lowest BCUT2D eigenvalue weighted by atomic mass is 9.82. The zero-order valence-corrected chi connectivity index (χ0v) is 19.2. The van der Waals surface area contributed by atoms with Crippen molar-refractivity contribution in [2.45, 2.75) is 40.0 Å². The highest BCUT2D eigenvalue weighted by molar-refractivity contribution is 6.13. The summed E-state index contributed by atoms with van der Waals surface area (Å²) in [4.78, 5) is 3.80. The van der Waals surface area contributed by atoms with E-state index in [4.69, 9.17) is 0 Å². The fourth-order valence-electron chi connectivity index (χ4n) is 4.02. The van der Waals surface area contributed by atoms with Gasteiger partial charge >= 0.3 is 5.71 Å². The molecule has 1 aromatic heterocycles. The molecule has 0 aliphatic heterocycles. The number of nitrogens with zero attached hydrogens (tertiary/aromatic N) is 5. The lowest BCUT2D eigenvalue weighted by molar-refractivity contribution is -0.00333. The zero-order chi connectivity index (χ0) is 22.9. The van der Waals surface area contributed by atoms with Gasteiger partial charge in [0.15, 0.2) is 5.69 Å². The molecular formula is C27H27N5. The minimum Gasteiger partial charge on any atom is -0.361 e. The average molecular weight is 422 g/mol. The molecule has 0 unspecified atom stereocenters. The molecule has 0 saturated carbocycles. The van der Waals surface area contributed by atoms with Gasteiger partial charge in [0, 0.05) is 5.56 Å². The van der Waals surface area contributed by atoms with Crippen molar-refractivity contribution in [3.63, 3.8) is 0 Å². The van der Waals surface area contributed by atoms with Crippen LogP contribution in [0.4, 0.5) is 0 Å². The topological polar surface area (TPSA) is 67.1 Å². The van der Waals surface area contributed by atoms with Gasteiger partial charge in [-0.15, -0.1) is 5.10 Å². The summed E-state index contributed by atoms with van der Waals surface area (Å²) in [5.74, 6) is 0. The Balaban J connectivity index is 2.00. The van der Waals surface area contributed by atoms with Crippen LogP contribution in [-0.2, 0) is 5.41 Å². The van der Waals surface area contributed by atoms with Crippen molar-refractivity contribution in [3.05, 3.63) is 106 Å². The Kier molecular flexibility index (Phi) is 5.60. The molecule has 4 rings (SSSR count). The molecule has 160 valence electrons. The van der Waals surface area contributed by atoms with Gasteiger partial charge < -0.3 is 5.53 Å².